The van der Waals surface area contributed by atoms with Crippen molar-refractivity contribution in [1.29, 1.82) is 0 Å². The van der Waals surface area contributed by atoms with Gasteiger partial charge in [-0.3, -0.25) is 9.59 Å². The number of alkyl halides is 2. The minimum Gasteiger partial charge on any atom is -0.462 e. The Morgan fingerprint density at radius 3 is 2.63 bits per heavy atom. The highest BCUT2D eigenvalue weighted by Crippen LogP contribution is 2.66. The third-order valence-corrected chi connectivity index (χ3v) is 8.50. The van der Waals surface area contributed by atoms with Crippen LogP contribution in [-0.4, -0.2) is 23.8 Å². The Hall–Kier alpha value is -1.26. The van der Waals surface area contributed by atoms with Gasteiger partial charge in [0.2, 0.25) is 5.78 Å². The molecule has 3 fully saturated rings. The van der Waals surface area contributed by atoms with Crippen molar-refractivity contribution >= 4 is 11.8 Å². The molecule has 0 radical (unpaired) electrons. The van der Waals surface area contributed by atoms with Gasteiger partial charge in [0.1, 0.15) is 6.10 Å². The fourth-order valence-corrected chi connectivity index (χ4v) is 6.97. The number of carbonyl (C=O) groups is 2. The Kier molecular flexibility index (Phi) is 4.32. The molecular weight excluding hydrogens is 350 g/mol. The zero-order valence-electron chi connectivity index (χ0n) is 16.5. The molecule has 0 spiro atoms. The molecule has 5 heteroatoms. The Labute approximate surface area is 159 Å². The average Bonchev–Trinajstić information content (AvgIpc) is 2.95. The molecule has 4 aliphatic carbocycles. The summed E-state index contributed by atoms with van der Waals surface area (Å²) < 4.78 is 35.1. The van der Waals surface area contributed by atoms with Crippen LogP contribution in [0.5, 0.6) is 0 Å². The van der Waals surface area contributed by atoms with Gasteiger partial charge in [-0.15, -0.1) is 0 Å². The summed E-state index contributed by atoms with van der Waals surface area (Å²) in [5.74, 6) is -3.44. The van der Waals surface area contributed by atoms with Gasteiger partial charge in [-0.05, 0) is 61.7 Å². The highest BCUT2D eigenvalue weighted by molar-refractivity contribution is 5.90. The van der Waals surface area contributed by atoms with Gasteiger partial charge in [0.25, 0.3) is 0 Å². The third kappa shape index (κ3) is 2.56. The summed E-state index contributed by atoms with van der Waals surface area (Å²) in [6.45, 7) is 6.00. The van der Waals surface area contributed by atoms with Crippen molar-refractivity contribution in [2.24, 2.45) is 28.6 Å². The number of hydrogen-bond acceptors (Lipinski definition) is 3. The number of halogens is 2. The van der Waals surface area contributed by atoms with Crippen LogP contribution in [0.2, 0.25) is 0 Å². The van der Waals surface area contributed by atoms with E-state index < -0.39 is 17.1 Å². The van der Waals surface area contributed by atoms with Crippen molar-refractivity contribution < 1.29 is 23.1 Å². The molecule has 0 bridgehead atoms. The van der Waals surface area contributed by atoms with Crippen molar-refractivity contribution in [2.45, 2.75) is 84.2 Å². The highest BCUT2D eigenvalue weighted by atomic mass is 19.3. The first-order valence-corrected chi connectivity index (χ1v) is 10.5. The molecule has 3 nitrogen and oxygen atoms in total. The zero-order chi connectivity index (χ0) is 19.6. The van der Waals surface area contributed by atoms with Crippen LogP contribution in [0, 0.1) is 28.6 Å². The number of fused-ring (bicyclic) bond motifs is 5. The van der Waals surface area contributed by atoms with Crippen molar-refractivity contribution in [3.8, 4) is 0 Å². The number of Topliss-reactive ketones (excluding diaryl/α,β-unsaturated/α-hetero) is 1. The first kappa shape index (κ1) is 19.1. The molecule has 3 saturated carbocycles. The molecule has 0 N–H and O–H groups in total. The lowest BCUT2D eigenvalue weighted by atomic mass is 9.47. The maximum Gasteiger partial charge on any atom is 0.327 e. The van der Waals surface area contributed by atoms with E-state index in [1.807, 2.05) is 13.8 Å². The largest absolute Gasteiger partial charge is 0.462 e. The van der Waals surface area contributed by atoms with E-state index in [1.165, 1.54) is 0 Å². The van der Waals surface area contributed by atoms with E-state index in [-0.39, 0.29) is 35.4 Å². The number of ketones is 1. The normalized spacial score (nSPS) is 45.4. The minimum atomic E-state index is -3.30. The topological polar surface area (TPSA) is 43.4 Å². The second-order valence-electron chi connectivity index (χ2n) is 9.60. The van der Waals surface area contributed by atoms with E-state index in [2.05, 4.69) is 6.92 Å². The van der Waals surface area contributed by atoms with Crippen LogP contribution in [0.25, 0.3) is 0 Å². The predicted octanol–water partition coefficient (Wildman–Crippen LogP) is 5.09. The molecule has 0 heterocycles. The summed E-state index contributed by atoms with van der Waals surface area (Å²) in [5.41, 5.74) is -0.552. The summed E-state index contributed by atoms with van der Waals surface area (Å²) in [6, 6.07) is 0. The van der Waals surface area contributed by atoms with Gasteiger partial charge in [-0.1, -0.05) is 26.8 Å². The SMILES string of the molecule is CCC(=O)O[C@H]1CC[C@H]2[C@@H]3CC=C4C(F)(F)C(=O)CC[C@]4(C)[C@H]3CC[C@]12C. The van der Waals surface area contributed by atoms with Crippen LogP contribution < -0.4 is 0 Å². The van der Waals surface area contributed by atoms with Gasteiger partial charge >= 0.3 is 11.9 Å². The maximum atomic E-state index is 14.7. The van der Waals surface area contributed by atoms with Gasteiger partial charge in [0.05, 0.1) is 0 Å². The molecule has 6 atom stereocenters. The first-order valence-electron chi connectivity index (χ1n) is 10.5. The lowest BCUT2D eigenvalue weighted by molar-refractivity contribution is -0.160. The van der Waals surface area contributed by atoms with Crippen LogP contribution in [0.4, 0.5) is 8.78 Å². The molecule has 0 aromatic rings. The molecule has 0 saturated heterocycles. The number of esters is 1. The molecule has 0 aromatic carbocycles. The van der Waals surface area contributed by atoms with E-state index in [1.54, 1.807) is 6.08 Å². The van der Waals surface area contributed by atoms with Crippen LogP contribution in [0.3, 0.4) is 0 Å². The molecular formula is C22H30F2O3. The second-order valence-corrected chi connectivity index (χ2v) is 9.60. The quantitative estimate of drug-likeness (QED) is 0.495. The summed E-state index contributed by atoms with van der Waals surface area (Å²) in [5, 5.41) is 0. The van der Waals surface area contributed by atoms with Crippen molar-refractivity contribution in [3.63, 3.8) is 0 Å². The smallest absolute Gasteiger partial charge is 0.327 e. The third-order valence-electron chi connectivity index (χ3n) is 8.50. The fraction of sp³-hybridized carbons (Fsp3) is 0.818. The predicted molar refractivity (Wildman–Crippen MR) is 97.2 cm³/mol. The number of allylic oxidation sites excluding steroid dienone is 2. The molecule has 27 heavy (non-hydrogen) atoms. The highest BCUT2D eigenvalue weighted by Gasteiger charge is 2.64. The van der Waals surface area contributed by atoms with Gasteiger partial charge < -0.3 is 4.74 Å². The molecule has 0 amide bonds. The number of rotatable bonds is 2. The van der Waals surface area contributed by atoms with E-state index in [0.717, 1.165) is 25.7 Å². The molecule has 0 aromatic heterocycles. The molecule has 0 unspecified atom stereocenters. The molecule has 0 aliphatic heterocycles. The lowest BCUT2D eigenvalue weighted by Gasteiger charge is -2.57. The molecule has 4 aliphatic rings. The lowest BCUT2D eigenvalue weighted by Crippen LogP contribution is -2.55. The van der Waals surface area contributed by atoms with Crippen LogP contribution in [0.15, 0.2) is 11.6 Å². The van der Waals surface area contributed by atoms with E-state index in [9.17, 15) is 18.4 Å². The standard InChI is InChI=1S/C22H30F2O3/c1-4-19(26)27-18-8-6-14-13-5-7-16-20(2,12-10-17(25)22(16,23)24)15(13)9-11-21(14,18)3/h7,13-15,18H,4-6,8-12H2,1-3H3/t13-,14-,15-,18-,20+,21-/m0/s1. The van der Waals surface area contributed by atoms with E-state index in [0.29, 0.717) is 31.1 Å². The second kappa shape index (κ2) is 6.12. The van der Waals surface area contributed by atoms with E-state index in [4.69, 9.17) is 4.74 Å². The van der Waals surface area contributed by atoms with Crippen molar-refractivity contribution in [2.75, 3.05) is 0 Å². The monoisotopic (exact) mass is 380 g/mol. The Morgan fingerprint density at radius 1 is 1.19 bits per heavy atom. The zero-order valence-corrected chi connectivity index (χ0v) is 16.5. The van der Waals surface area contributed by atoms with Gasteiger partial charge in [-0.25, -0.2) is 0 Å². The average molecular weight is 380 g/mol. The van der Waals surface area contributed by atoms with Crippen molar-refractivity contribution in [1.82, 2.24) is 0 Å². The van der Waals surface area contributed by atoms with Gasteiger partial charge in [-0.2, -0.15) is 8.78 Å². The van der Waals surface area contributed by atoms with Crippen LogP contribution >= 0.6 is 0 Å². The van der Waals surface area contributed by atoms with E-state index >= 15 is 0 Å². The van der Waals surface area contributed by atoms with Crippen molar-refractivity contribution in [3.05, 3.63) is 11.6 Å². The minimum absolute atomic E-state index is 0.0251. The maximum absolute atomic E-state index is 14.7. The number of ether oxygens (including phenoxy) is 1. The Morgan fingerprint density at radius 2 is 1.93 bits per heavy atom. The summed E-state index contributed by atoms with van der Waals surface area (Å²) in [7, 11) is 0. The Balaban J connectivity index is 1.64. The Bertz CT molecular complexity index is 700. The molecule has 4 rings (SSSR count). The first-order chi connectivity index (χ1) is 12.6. The summed E-state index contributed by atoms with van der Waals surface area (Å²) in [6.07, 6.45) is 6.79. The number of hydrogen-bond donors (Lipinski definition) is 0. The van der Waals surface area contributed by atoms with Crippen LogP contribution in [0.1, 0.15) is 72.1 Å². The fourth-order valence-electron chi connectivity index (χ4n) is 6.97. The molecule has 150 valence electrons. The summed E-state index contributed by atoms with van der Waals surface area (Å²) in [4.78, 5) is 23.7. The van der Waals surface area contributed by atoms with Gasteiger partial charge in [0, 0.05) is 23.8 Å². The van der Waals surface area contributed by atoms with Gasteiger partial charge in [0.15, 0.2) is 0 Å². The van der Waals surface area contributed by atoms with Crippen LogP contribution in [-0.2, 0) is 14.3 Å². The number of carbonyl (C=O) groups excluding carboxylic acids is 2. The summed E-state index contributed by atoms with van der Waals surface area (Å²) >= 11 is 0.